The summed E-state index contributed by atoms with van der Waals surface area (Å²) in [6, 6.07) is 29.6. The van der Waals surface area contributed by atoms with Crippen molar-refractivity contribution in [2.75, 3.05) is 0 Å². The fraction of sp³-hybridized carbons (Fsp3) is 0.171. The molecule has 1 saturated heterocycles. The number of likely N-dealkylation sites (tertiary alicyclic amines) is 1. The van der Waals surface area contributed by atoms with Crippen LogP contribution in [0.25, 0.3) is 6.08 Å². The molecule has 6 heteroatoms. The molecule has 1 fully saturated rings. The van der Waals surface area contributed by atoms with E-state index in [1.807, 2.05) is 49.4 Å². The smallest absolute Gasteiger partial charge is 0.330 e. The first kappa shape index (κ1) is 27.7. The van der Waals surface area contributed by atoms with Gasteiger partial charge < -0.3 is 10.0 Å². The molecule has 4 atom stereocenters. The zero-order valence-electron chi connectivity index (χ0n) is 22.8. The Morgan fingerprint density at radius 3 is 2.05 bits per heavy atom. The number of ketones is 1. The molecule has 4 aromatic carbocycles. The molecule has 1 aliphatic rings. The Hall–Kier alpha value is -4.84. The Labute approximate surface area is 238 Å². The normalized spacial score (nSPS) is 22.1. The van der Waals surface area contributed by atoms with E-state index in [1.54, 1.807) is 54.6 Å². The molecule has 4 unspecified atom stereocenters. The Balaban J connectivity index is 1.78. The van der Waals surface area contributed by atoms with Crippen molar-refractivity contribution >= 4 is 23.7 Å². The van der Waals surface area contributed by atoms with Crippen LogP contribution in [0.4, 0.5) is 4.39 Å². The van der Waals surface area contributed by atoms with Crippen LogP contribution < -0.4 is 0 Å². The largest absolute Gasteiger partial charge is 0.479 e. The number of aryl methyl sites for hydroxylation is 1. The van der Waals surface area contributed by atoms with Crippen molar-refractivity contribution in [2.45, 2.75) is 31.3 Å². The number of carbonyl (C=O) groups excluding carboxylic acids is 2. The lowest BCUT2D eigenvalue weighted by Gasteiger charge is -2.37. The van der Waals surface area contributed by atoms with Crippen molar-refractivity contribution in [3.63, 3.8) is 0 Å². The minimum Gasteiger partial charge on any atom is -0.479 e. The number of hydrogen-bond acceptors (Lipinski definition) is 3. The van der Waals surface area contributed by atoms with Gasteiger partial charge in [-0.05, 0) is 55.3 Å². The molecule has 4 aromatic rings. The molecule has 0 saturated carbocycles. The van der Waals surface area contributed by atoms with Crippen molar-refractivity contribution in [2.24, 2.45) is 5.92 Å². The molecule has 1 heterocycles. The lowest BCUT2D eigenvalue weighted by Crippen LogP contribution is -2.55. The van der Waals surface area contributed by atoms with Gasteiger partial charge in [0.15, 0.2) is 5.78 Å². The summed E-state index contributed by atoms with van der Waals surface area (Å²) in [7, 11) is 0. The van der Waals surface area contributed by atoms with Crippen molar-refractivity contribution in [1.82, 2.24) is 4.90 Å². The van der Waals surface area contributed by atoms with Crippen LogP contribution in [0, 0.1) is 18.7 Å². The lowest BCUT2D eigenvalue weighted by atomic mass is 9.72. The van der Waals surface area contributed by atoms with Gasteiger partial charge in [-0.2, -0.15) is 0 Å². The topological polar surface area (TPSA) is 74.7 Å². The summed E-state index contributed by atoms with van der Waals surface area (Å²) in [5, 5.41) is 10.8. The van der Waals surface area contributed by atoms with Gasteiger partial charge in [0.1, 0.15) is 11.4 Å². The maximum atomic E-state index is 14.4. The van der Waals surface area contributed by atoms with Gasteiger partial charge in [0.2, 0.25) is 0 Å². The highest BCUT2D eigenvalue weighted by Gasteiger charge is 2.64. The standard InChI is InChI=1S/C35H30FNO4/c1-23-10-9-15-27(22-23)32(38)30-29(21-16-24-11-5-3-6-12-24)37(33(39)26-13-7-4-8-14-26)35(2,34(40)41)31(30)25-17-19-28(36)20-18-25/h3-22,29-31H,1-2H3,(H,40,41). The monoisotopic (exact) mass is 547 g/mol. The van der Waals surface area contributed by atoms with E-state index in [2.05, 4.69) is 0 Å². The fourth-order valence-electron chi connectivity index (χ4n) is 5.95. The third kappa shape index (κ3) is 5.21. The van der Waals surface area contributed by atoms with E-state index in [9.17, 15) is 23.9 Å². The number of Topliss-reactive ketones (excluding diaryl/α,β-unsaturated/α-hetero) is 1. The number of halogens is 1. The Bertz CT molecular complexity index is 1600. The summed E-state index contributed by atoms with van der Waals surface area (Å²) < 4.78 is 14.0. The summed E-state index contributed by atoms with van der Waals surface area (Å²) in [5.41, 5.74) is 1.05. The minimum absolute atomic E-state index is 0.290. The van der Waals surface area contributed by atoms with E-state index >= 15 is 0 Å². The van der Waals surface area contributed by atoms with Gasteiger partial charge in [-0.25, -0.2) is 9.18 Å². The Morgan fingerprint density at radius 1 is 0.829 bits per heavy atom. The number of carbonyl (C=O) groups is 3. The summed E-state index contributed by atoms with van der Waals surface area (Å²) in [5.74, 6) is -4.49. The Morgan fingerprint density at radius 2 is 1.44 bits per heavy atom. The molecule has 0 bridgehead atoms. The van der Waals surface area contributed by atoms with Crippen LogP contribution in [0.1, 0.15) is 50.2 Å². The predicted molar refractivity (Wildman–Crippen MR) is 156 cm³/mol. The Kier molecular flexibility index (Phi) is 7.66. The molecule has 1 amide bonds. The van der Waals surface area contributed by atoms with Gasteiger partial charge in [0.25, 0.3) is 5.91 Å². The maximum Gasteiger partial charge on any atom is 0.330 e. The summed E-state index contributed by atoms with van der Waals surface area (Å²) in [6.07, 6.45) is 3.56. The van der Waals surface area contributed by atoms with Gasteiger partial charge >= 0.3 is 5.97 Å². The third-order valence-corrected chi connectivity index (χ3v) is 7.92. The number of aliphatic carboxylic acids is 1. The van der Waals surface area contributed by atoms with Gasteiger partial charge in [-0.1, -0.05) is 96.6 Å². The van der Waals surface area contributed by atoms with Gasteiger partial charge in [-0.3, -0.25) is 9.59 Å². The molecular formula is C35H30FNO4. The first-order chi connectivity index (χ1) is 19.7. The van der Waals surface area contributed by atoms with E-state index in [1.165, 1.54) is 36.1 Å². The molecule has 5 nitrogen and oxygen atoms in total. The second-order valence-corrected chi connectivity index (χ2v) is 10.5. The van der Waals surface area contributed by atoms with Crippen LogP contribution >= 0.6 is 0 Å². The van der Waals surface area contributed by atoms with E-state index in [-0.39, 0.29) is 5.78 Å². The van der Waals surface area contributed by atoms with Crippen molar-refractivity contribution in [3.05, 3.63) is 149 Å². The molecule has 41 heavy (non-hydrogen) atoms. The molecule has 0 aromatic heterocycles. The first-order valence-corrected chi connectivity index (χ1v) is 13.4. The van der Waals surface area contributed by atoms with Crippen LogP contribution in [0.5, 0.6) is 0 Å². The SMILES string of the molecule is Cc1cccc(C(=O)C2C(C=Cc3ccccc3)N(C(=O)c3ccccc3)C(C)(C(=O)O)C2c2ccc(F)cc2)c1. The van der Waals surface area contributed by atoms with Gasteiger partial charge in [0.05, 0.1) is 12.0 Å². The van der Waals surface area contributed by atoms with E-state index in [0.29, 0.717) is 16.7 Å². The number of amides is 1. The highest BCUT2D eigenvalue weighted by atomic mass is 19.1. The molecule has 5 rings (SSSR count). The summed E-state index contributed by atoms with van der Waals surface area (Å²) >= 11 is 0. The molecule has 0 spiro atoms. The molecular weight excluding hydrogens is 517 g/mol. The van der Waals surface area contributed by atoms with Crippen molar-refractivity contribution in [3.8, 4) is 0 Å². The molecule has 206 valence electrons. The zero-order valence-corrected chi connectivity index (χ0v) is 22.8. The van der Waals surface area contributed by atoms with Crippen LogP contribution in [-0.2, 0) is 4.79 Å². The van der Waals surface area contributed by atoms with E-state index in [4.69, 9.17) is 0 Å². The number of carboxylic acid groups (broad SMARTS) is 1. The van der Waals surface area contributed by atoms with E-state index < -0.39 is 41.1 Å². The number of rotatable bonds is 7. The van der Waals surface area contributed by atoms with Crippen LogP contribution in [0.2, 0.25) is 0 Å². The van der Waals surface area contributed by atoms with E-state index in [0.717, 1.165) is 11.1 Å². The van der Waals surface area contributed by atoms with Crippen LogP contribution in [0.15, 0.2) is 115 Å². The second kappa shape index (κ2) is 11.3. The first-order valence-electron chi connectivity index (χ1n) is 13.4. The summed E-state index contributed by atoms with van der Waals surface area (Å²) in [6.45, 7) is 3.36. The predicted octanol–water partition coefficient (Wildman–Crippen LogP) is 6.80. The molecule has 1 aliphatic heterocycles. The van der Waals surface area contributed by atoms with Gasteiger partial charge in [0, 0.05) is 17.0 Å². The average molecular weight is 548 g/mol. The second-order valence-electron chi connectivity index (χ2n) is 10.5. The van der Waals surface area contributed by atoms with Crippen LogP contribution in [-0.4, -0.2) is 39.2 Å². The number of carboxylic acids is 1. The minimum atomic E-state index is -1.85. The third-order valence-electron chi connectivity index (χ3n) is 7.92. The number of nitrogens with zero attached hydrogens (tertiary/aromatic N) is 1. The molecule has 1 N–H and O–H groups in total. The highest BCUT2D eigenvalue weighted by Crippen LogP contribution is 2.52. The van der Waals surface area contributed by atoms with Crippen LogP contribution in [0.3, 0.4) is 0 Å². The molecule has 0 radical (unpaired) electrons. The quantitative estimate of drug-likeness (QED) is 0.258. The number of benzene rings is 4. The van der Waals surface area contributed by atoms with Crippen molar-refractivity contribution in [1.29, 1.82) is 0 Å². The average Bonchev–Trinajstić information content (AvgIpc) is 3.26. The fourth-order valence-corrected chi connectivity index (χ4v) is 5.95. The highest BCUT2D eigenvalue weighted by molar-refractivity contribution is 6.05. The van der Waals surface area contributed by atoms with Gasteiger partial charge in [-0.15, -0.1) is 0 Å². The number of hydrogen-bond donors (Lipinski definition) is 1. The maximum absolute atomic E-state index is 14.4. The summed E-state index contributed by atoms with van der Waals surface area (Å²) in [4.78, 5) is 43.3. The molecule has 0 aliphatic carbocycles. The lowest BCUT2D eigenvalue weighted by molar-refractivity contribution is -0.148. The van der Waals surface area contributed by atoms with Crippen molar-refractivity contribution < 1.29 is 23.9 Å². The zero-order chi connectivity index (χ0) is 29.1.